The highest BCUT2D eigenvalue weighted by atomic mass is 16.2. The van der Waals surface area contributed by atoms with Gasteiger partial charge < -0.3 is 5.32 Å². The standard InChI is InChI=1S/C15H20N4O2/c1-10-2-4-11(5-3-10)8-16-14(20)12-6-7-13-17-18-15(21)19(13)9-12/h6-7,9-11H,2-5,8H2,1H3,(H,16,20)(H,18,21). The predicted octanol–water partition coefficient (Wildman–Crippen LogP) is 1.58. The molecule has 3 rings (SSSR count). The molecule has 0 bridgehead atoms. The lowest BCUT2D eigenvalue weighted by Crippen LogP contribution is -2.31. The zero-order valence-electron chi connectivity index (χ0n) is 12.1. The summed E-state index contributed by atoms with van der Waals surface area (Å²) in [6.45, 7) is 3.00. The molecule has 0 aromatic carbocycles. The van der Waals surface area contributed by atoms with Crippen molar-refractivity contribution in [2.75, 3.05) is 6.54 Å². The average molecular weight is 288 g/mol. The molecule has 112 valence electrons. The maximum atomic E-state index is 12.2. The topological polar surface area (TPSA) is 79.3 Å². The highest BCUT2D eigenvalue weighted by Gasteiger charge is 2.19. The van der Waals surface area contributed by atoms with Crippen LogP contribution in [0.25, 0.3) is 5.65 Å². The fourth-order valence-corrected chi connectivity index (χ4v) is 2.91. The smallest absolute Gasteiger partial charge is 0.347 e. The van der Waals surface area contributed by atoms with Crippen LogP contribution in [0.5, 0.6) is 0 Å². The first kappa shape index (κ1) is 13.9. The lowest BCUT2D eigenvalue weighted by atomic mass is 9.83. The number of hydrogen-bond acceptors (Lipinski definition) is 3. The summed E-state index contributed by atoms with van der Waals surface area (Å²) >= 11 is 0. The summed E-state index contributed by atoms with van der Waals surface area (Å²) in [5.41, 5.74) is 0.661. The lowest BCUT2D eigenvalue weighted by molar-refractivity contribution is 0.0941. The first-order valence-corrected chi connectivity index (χ1v) is 7.48. The van der Waals surface area contributed by atoms with Crippen LogP contribution >= 0.6 is 0 Å². The lowest BCUT2D eigenvalue weighted by Gasteiger charge is -2.26. The Hall–Kier alpha value is -2.11. The molecule has 1 aliphatic carbocycles. The number of carbonyl (C=O) groups is 1. The van der Waals surface area contributed by atoms with Crippen LogP contribution in [0.4, 0.5) is 0 Å². The second-order valence-corrected chi connectivity index (χ2v) is 6.01. The van der Waals surface area contributed by atoms with Crippen molar-refractivity contribution in [2.24, 2.45) is 11.8 Å². The molecule has 0 unspecified atom stereocenters. The Kier molecular flexibility index (Phi) is 3.77. The molecule has 6 nitrogen and oxygen atoms in total. The van der Waals surface area contributed by atoms with Crippen molar-refractivity contribution in [3.63, 3.8) is 0 Å². The Morgan fingerprint density at radius 1 is 1.38 bits per heavy atom. The third-order valence-corrected chi connectivity index (χ3v) is 4.36. The molecule has 0 spiro atoms. The third-order valence-electron chi connectivity index (χ3n) is 4.36. The zero-order valence-corrected chi connectivity index (χ0v) is 12.1. The van der Waals surface area contributed by atoms with Crippen molar-refractivity contribution in [1.29, 1.82) is 0 Å². The van der Waals surface area contributed by atoms with Gasteiger partial charge >= 0.3 is 5.69 Å². The Morgan fingerprint density at radius 3 is 2.90 bits per heavy atom. The van der Waals surface area contributed by atoms with Gasteiger partial charge in [0.1, 0.15) is 0 Å². The van der Waals surface area contributed by atoms with Gasteiger partial charge in [-0.2, -0.15) is 5.10 Å². The average Bonchev–Trinajstić information content (AvgIpc) is 2.87. The number of fused-ring (bicyclic) bond motifs is 1. The van der Waals surface area contributed by atoms with Gasteiger partial charge in [-0.15, -0.1) is 0 Å². The highest BCUT2D eigenvalue weighted by Crippen LogP contribution is 2.27. The minimum atomic E-state index is -0.332. The molecule has 0 saturated heterocycles. The minimum Gasteiger partial charge on any atom is -0.352 e. The van der Waals surface area contributed by atoms with Gasteiger partial charge in [0.2, 0.25) is 0 Å². The van der Waals surface area contributed by atoms with E-state index in [1.807, 2.05) is 0 Å². The highest BCUT2D eigenvalue weighted by molar-refractivity contribution is 5.94. The number of hydrogen-bond donors (Lipinski definition) is 2. The molecule has 1 aliphatic rings. The molecule has 21 heavy (non-hydrogen) atoms. The minimum absolute atomic E-state index is 0.136. The third kappa shape index (κ3) is 2.99. The van der Waals surface area contributed by atoms with E-state index in [0.717, 1.165) is 5.92 Å². The molecule has 6 heteroatoms. The Labute approximate surface area is 122 Å². The van der Waals surface area contributed by atoms with Gasteiger partial charge in [0, 0.05) is 12.7 Å². The van der Waals surface area contributed by atoms with Crippen LogP contribution in [-0.2, 0) is 0 Å². The molecule has 0 radical (unpaired) electrons. The molecule has 2 aromatic heterocycles. The summed E-state index contributed by atoms with van der Waals surface area (Å²) in [4.78, 5) is 23.7. The molecule has 1 amide bonds. The van der Waals surface area contributed by atoms with Crippen LogP contribution in [0.2, 0.25) is 0 Å². The summed E-state index contributed by atoms with van der Waals surface area (Å²) in [6.07, 6.45) is 6.39. The summed E-state index contributed by atoms with van der Waals surface area (Å²) in [5.74, 6) is 1.25. The number of amides is 1. The van der Waals surface area contributed by atoms with Crippen LogP contribution in [0.1, 0.15) is 43.0 Å². The molecule has 2 N–H and O–H groups in total. The second-order valence-electron chi connectivity index (χ2n) is 6.01. The summed E-state index contributed by atoms with van der Waals surface area (Å²) in [7, 11) is 0. The second kappa shape index (κ2) is 5.71. The SMILES string of the molecule is CC1CCC(CNC(=O)c2ccc3n[nH]c(=O)n3c2)CC1. The van der Waals surface area contributed by atoms with Crippen LogP contribution < -0.4 is 11.0 Å². The molecular formula is C15H20N4O2. The number of aromatic amines is 1. The molecule has 2 heterocycles. The first-order valence-electron chi connectivity index (χ1n) is 7.48. The van der Waals surface area contributed by atoms with Crippen molar-refractivity contribution in [1.82, 2.24) is 19.9 Å². The van der Waals surface area contributed by atoms with Gasteiger partial charge in [0.05, 0.1) is 5.56 Å². The fraction of sp³-hybridized carbons (Fsp3) is 0.533. The van der Waals surface area contributed by atoms with E-state index < -0.39 is 0 Å². The van der Waals surface area contributed by atoms with Gasteiger partial charge in [0.15, 0.2) is 5.65 Å². The van der Waals surface area contributed by atoms with Crippen molar-refractivity contribution in [3.05, 3.63) is 34.4 Å². The molecule has 1 saturated carbocycles. The van der Waals surface area contributed by atoms with Crippen molar-refractivity contribution in [2.45, 2.75) is 32.6 Å². The monoisotopic (exact) mass is 288 g/mol. The molecule has 0 aliphatic heterocycles. The van der Waals surface area contributed by atoms with E-state index >= 15 is 0 Å². The van der Waals surface area contributed by atoms with Crippen LogP contribution in [0.15, 0.2) is 23.1 Å². The van der Waals surface area contributed by atoms with Crippen LogP contribution in [-0.4, -0.2) is 27.0 Å². The summed E-state index contributed by atoms with van der Waals surface area (Å²) < 4.78 is 1.34. The number of nitrogens with zero attached hydrogens (tertiary/aromatic N) is 2. The maximum Gasteiger partial charge on any atom is 0.347 e. The Balaban J connectivity index is 1.64. The van der Waals surface area contributed by atoms with E-state index in [0.29, 0.717) is 23.7 Å². The van der Waals surface area contributed by atoms with Gasteiger partial charge in [0.25, 0.3) is 5.91 Å². The van der Waals surface area contributed by atoms with E-state index in [-0.39, 0.29) is 11.6 Å². The van der Waals surface area contributed by atoms with E-state index in [1.54, 1.807) is 12.1 Å². The number of aromatic nitrogens is 3. The van der Waals surface area contributed by atoms with E-state index in [4.69, 9.17) is 0 Å². The van der Waals surface area contributed by atoms with Crippen LogP contribution in [0.3, 0.4) is 0 Å². The molecule has 0 atom stereocenters. The number of carbonyl (C=O) groups excluding carboxylic acids is 1. The summed E-state index contributed by atoms with van der Waals surface area (Å²) in [5, 5.41) is 9.17. The molecular weight excluding hydrogens is 268 g/mol. The fourth-order valence-electron chi connectivity index (χ4n) is 2.91. The van der Waals surface area contributed by atoms with E-state index in [9.17, 15) is 9.59 Å². The van der Waals surface area contributed by atoms with E-state index in [2.05, 4.69) is 22.4 Å². The van der Waals surface area contributed by atoms with Gasteiger partial charge in [-0.3, -0.25) is 4.79 Å². The number of rotatable bonds is 3. The van der Waals surface area contributed by atoms with Gasteiger partial charge in [-0.1, -0.05) is 19.8 Å². The molecule has 1 fully saturated rings. The van der Waals surface area contributed by atoms with E-state index in [1.165, 1.54) is 36.3 Å². The van der Waals surface area contributed by atoms with Crippen LogP contribution in [0, 0.1) is 11.8 Å². The number of nitrogens with one attached hydrogen (secondary N) is 2. The quantitative estimate of drug-likeness (QED) is 0.900. The Morgan fingerprint density at radius 2 is 2.14 bits per heavy atom. The summed E-state index contributed by atoms with van der Waals surface area (Å²) in [6, 6.07) is 3.35. The maximum absolute atomic E-state index is 12.2. The van der Waals surface area contributed by atoms with Crippen molar-refractivity contribution in [3.8, 4) is 0 Å². The number of H-pyrrole nitrogens is 1. The molecule has 2 aromatic rings. The van der Waals surface area contributed by atoms with Gasteiger partial charge in [-0.25, -0.2) is 14.3 Å². The number of pyridine rings is 1. The zero-order chi connectivity index (χ0) is 14.8. The predicted molar refractivity (Wildman–Crippen MR) is 79.3 cm³/mol. The normalized spacial score (nSPS) is 22.3. The van der Waals surface area contributed by atoms with Crippen molar-refractivity contribution < 1.29 is 4.79 Å². The Bertz CT molecular complexity index is 695. The first-order chi connectivity index (χ1) is 10.1. The largest absolute Gasteiger partial charge is 0.352 e. The van der Waals surface area contributed by atoms with Crippen molar-refractivity contribution >= 4 is 11.6 Å². The van der Waals surface area contributed by atoms with Gasteiger partial charge in [-0.05, 0) is 36.8 Å².